The van der Waals surface area contributed by atoms with Crippen LogP contribution in [0, 0.1) is 0 Å². The van der Waals surface area contributed by atoms with Crippen molar-refractivity contribution in [3.8, 4) is 17.2 Å². The van der Waals surface area contributed by atoms with E-state index >= 15 is 0 Å². The highest BCUT2D eigenvalue weighted by molar-refractivity contribution is 7.13. The summed E-state index contributed by atoms with van der Waals surface area (Å²) in [5, 5.41) is 6.64. The Kier molecular flexibility index (Phi) is 10.7. The van der Waals surface area contributed by atoms with Crippen molar-refractivity contribution in [1.29, 1.82) is 0 Å². The zero-order valence-electron chi connectivity index (χ0n) is 21.7. The summed E-state index contributed by atoms with van der Waals surface area (Å²) < 4.78 is 22.4. The van der Waals surface area contributed by atoms with Crippen molar-refractivity contribution in [3.63, 3.8) is 0 Å². The Morgan fingerprint density at radius 2 is 1.67 bits per heavy atom. The van der Waals surface area contributed by atoms with Crippen LogP contribution in [0.15, 0.2) is 89.3 Å². The Balaban J connectivity index is 1.13. The Labute approximate surface area is 232 Å². The lowest BCUT2D eigenvalue weighted by Gasteiger charge is -2.10. The number of aromatic nitrogens is 1. The van der Waals surface area contributed by atoms with E-state index in [1.54, 1.807) is 13.1 Å². The van der Waals surface area contributed by atoms with E-state index in [-0.39, 0.29) is 12.4 Å². The molecule has 1 N–H and O–H groups in total. The first-order chi connectivity index (χ1) is 19.2. The summed E-state index contributed by atoms with van der Waals surface area (Å²) >= 11 is 1.38. The van der Waals surface area contributed by atoms with Crippen LogP contribution in [0.4, 0.5) is 5.13 Å². The Morgan fingerprint density at radius 1 is 0.923 bits per heavy atom. The minimum absolute atomic E-state index is 0.149. The van der Waals surface area contributed by atoms with Gasteiger partial charge in [-0.15, -0.1) is 11.3 Å². The highest BCUT2D eigenvalue weighted by atomic mass is 32.1. The molecular weight excluding hydrogens is 514 g/mol. The van der Waals surface area contributed by atoms with Crippen molar-refractivity contribution in [1.82, 2.24) is 4.98 Å². The maximum atomic E-state index is 11.6. The standard InChI is InChI=1S/C30H31N3O5S/c1-2-35-29(34)19-25-22-39-30(32-25)33-31-20-24-10-6-11-28(18-24)37-17-7-16-36-26-12-14-27(15-13-26)38-21-23-8-4-3-5-9-23/h3-6,8-15,18,20,22H,2,7,16-17,19,21H2,1H3,(H,32,33). The lowest BCUT2D eigenvalue weighted by Crippen LogP contribution is -2.07. The van der Waals surface area contributed by atoms with Gasteiger partial charge in [0.25, 0.3) is 0 Å². The van der Waals surface area contributed by atoms with E-state index in [9.17, 15) is 4.79 Å². The van der Waals surface area contributed by atoms with Gasteiger partial charge in [0.2, 0.25) is 5.13 Å². The number of hydrogen-bond donors (Lipinski definition) is 1. The average Bonchev–Trinajstić information content (AvgIpc) is 3.40. The number of nitrogens with zero attached hydrogens (tertiary/aromatic N) is 2. The molecule has 0 spiro atoms. The van der Waals surface area contributed by atoms with Gasteiger partial charge >= 0.3 is 5.97 Å². The van der Waals surface area contributed by atoms with Crippen LogP contribution >= 0.6 is 11.3 Å². The first-order valence-corrected chi connectivity index (χ1v) is 13.6. The maximum Gasteiger partial charge on any atom is 0.311 e. The van der Waals surface area contributed by atoms with Crippen LogP contribution in [0.3, 0.4) is 0 Å². The molecule has 0 radical (unpaired) electrons. The minimum atomic E-state index is -0.292. The second-order valence-corrected chi connectivity index (χ2v) is 9.22. The third-order valence-corrected chi connectivity index (χ3v) is 6.11. The molecule has 9 heteroatoms. The van der Waals surface area contributed by atoms with Gasteiger partial charge in [-0.1, -0.05) is 42.5 Å². The summed E-state index contributed by atoms with van der Waals surface area (Å²) in [6.45, 7) is 3.74. The summed E-state index contributed by atoms with van der Waals surface area (Å²) in [6.07, 6.45) is 2.58. The summed E-state index contributed by atoms with van der Waals surface area (Å²) in [4.78, 5) is 15.9. The molecule has 0 amide bonds. The van der Waals surface area contributed by atoms with Crippen LogP contribution in [0.1, 0.15) is 30.2 Å². The van der Waals surface area contributed by atoms with Crippen molar-refractivity contribution in [3.05, 3.63) is 101 Å². The Morgan fingerprint density at radius 3 is 2.44 bits per heavy atom. The zero-order valence-corrected chi connectivity index (χ0v) is 22.6. The molecule has 0 bridgehead atoms. The molecule has 0 atom stereocenters. The molecule has 0 saturated heterocycles. The monoisotopic (exact) mass is 545 g/mol. The van der Waals surface area contributed by atoms with Gasteiger partial charge in [0.05, 0.1) is 38.1 Å². The van der Waals surface area contributed by atoms with Gasteiger partial charge in [0, 0.05) is 11.8 Å². The quantitative estimate of drug-likeness (QED) is 0.0833. The number of rotatable bonds is 15. The number of hydrazone groups is 1. The number of esters is 1. The predicted molar refractivity (Wildman–Crippen MR) is 153 cm³/mol. The largest absolute Gasteiger partial charge is 0.493 e. The fourth-order valence-corrected chi connectivity index (χ4v) is 4.12. The molecule has 39 heavy (non-hydrogen) atoms. The minimum Gasteiger partial charge on any atom is -0.493 e. The van der Waals surface area contributed by atoms with Crippen LogP contribution in [0.2, 0.25) is 0 Å². The molecule has 1 aromatic heterocycles. The molecule has 8 nitrogen and oxygen atoms in total. The van der Waals surface area contributed by atoms with Crippen molar-refractivity contribution in [2.24, 2.45) is 5.10 Å². The first kappa shape index (κ1) is 27.7. The van der Waals surface area contributed by atoms with Gasteiger partial charge in [-0.3, -0.25) is 10.2 Å². The highest BCUT2D eigenvalue weighted by Gasteiger charge is 2.08. The van der Waals surface area contributed by atoms with Crippen molar-refractivity contribution >= 4 is 28.7 Å². The number of anilines is 1. The third-order valence-electron chi connectivity index (χ3n) is 5.31. The number of carbonyl (C=O) groups is 1. The van der Waals surface area contributed by atoms with Crippen molar-refractivity contribution < 1.29 is 23.7 Å². The lowest BCUT2D eigenvalue weighted by molar-refractivity contribution is -0.142. The van der Waals surface area contributed by atoms with Gasteiger partial charge in [0.1, 0.15) is 23.9 Å². The van der Waals surface area contributed by atoms with Crippen LogP contribution in [-0.4, -0.2) is 37.0 Å². The lowest BCUT2D eigenvalue weighted by atomic mass is 10.2. The van der Waals surface area contributed by atoms with Gasteiger partial charge in [0.15, 0.2) is 0 Å². The second-order valence-electron chi connectivity index (χ2n) is 8.36. The van der Waals surface area contributed by atoms with Gasteiger partial charge in [-0.05, 0) is 54.4 Å². The summed E-state index contributed by atoms with van der Waals surface area (Å²) in [7, 11) is 0. The van der Waals surface area contributed by atoms with Gasteiger partial charge < -0.3 is 18.9 Å². The molecule has 1 heterocycles. The molecule has 0 saturated carbocycles. The molecular formula is C30H31N3O5S. The summed E-state index contributed by atoms with van der Waals surface area (Å²) in [5.74, 6) is 2.06. The fraction of sp³-hybridized carbons (Fsp3) is 0.233. The number of benzene rings is 3. The average molecular weight is 546 g/mol. The highest BCUT2D eigenvalue weighted by Crippen LogP contribution is 2.19. The van der Waals surface area contributed by atoms with Crippen LogP contribution in [0.5, 0.6) is 17.2 Å². The summed E-state index contributed by atoms with van der Waals surface area (Å²) in [5.41, 5.74) is 5.56. The van der Waals surface area contributed by atoms with Crippen LogP contribution in [0.25, 0.3) is 0 Å². The molecule has 0 aliphatic carbocycles. The normalized spacial score (nSPS) is 10.8. The van der Waals surface area contributed by atoms with E-state index in [1.165, 1.54) is 11.3 Å². The number of thiazole rings is 1. The van der Waals surface area contributed by atoms with E-state index in [2.05, 4.69) is 15.5 Å². The molecule has 4 rings (SSSR count). The predicted octanol–water partition coefficient (Wildman–Crippen LogP) is 6.12. The van der Waals surface area contributed by atoms with Crippen molar-refractivity contribution in [2.75, 3.05) is 25.2 Å². The number of hydrogen-bond acceptors (Lipinski definition) is 9. The van der Waals surface area contributed by atoms with Gasteiger partial charge in [-0.25, -0.2) is 4.98 Å². The summed E-state index contributed by atoms with van der Waals surface area (Å²) in [6, 6.07) is 25.4. The molecule has 0 aliphatic rings. The topological polar surface area (TPSA) is 91.3 Å². The van der Waals surface area contributed by atoms with Crippen LogP contribution in [-0.2, 0) is 22.6 Å². The molecule has 0 unspecified atom stereocenters. The van der Waals surface area contributed by atoms with E-state index in [0.717, 1.165) is 34.8 Å². The van der Waals surface area contributed by atoms with Crippen LogP contribution < -0.4 is 19.6 Å². The number of ether oxygens (including phenoxy) is 4. The second kappa shape index (κ2) is 15.1. The smallest absolute Gasteiger partial charge is 0.311 e. The Hall–Kier alpha value is -4.37. The van der Waals surface area contributed by atoms with E-state index in [4.69, 9.17) is 18.9 Å². The third kappa shape index (κ3) is 9.79. The SMILES string of the molecule is CCOC(=O)Cc1csc(NN=Cc2cccc(OCCCOc3ccc(OCc4ccccc4)cc3)c2)n1. The fourth-order valence-electron chi connectivity index (χ4n) is 3.46. The molecule has 4 aromatic rings. The van der Waals surface area contributed by atoms with E-state index < -0.39 is 0 Å². The Bertz CT molecular complexity index is 1330. The molecule has 0 fully saturated rings. The number of nitrogens with one attached hydrogen (secondary N) is 1. The number of carbonyl (C=O) groups excluding carboxylic acids is 1. The molecule has 202 valence electrons. The van der Waals surface area contributed by atoms with Gasteiger partial charge in [-0.2, -0.15) is 5.10 Å². The van der Waals surface area contributed by atoms with Crippen molar-refractivity contribution in [2.45, 2.75) is 26.4 Å². The van der Waals surface area contributed by atoms with E-state index in [1.807, 2.05) is 84.2 Å². The maximum absolute atomic E-state index is 11.6. The molecule has 3 aromatic carbocycles. The van der Waals surface area contributed by atoms with E-state index in [0.29, 0.717) is 37.3 Å². The zero-order chi connectivity index (χ0) is 27.1. The first-order valence-electron chi connectivity index (χ1n) is 12.7. The molecule has 0 aliphatic heterocycles.